The maximum Gasteiger partial charge on any atom is 0.308 e. The number of carbonyl (C=O) groups excluding carboxylic acids is 1. The predicted molar refractivity (Wildman–Crippen MR) is 82.1 cm³/mol. The molecular formula is C16H23NO5. The molecule has 0 radical (unpaired) electrons. The van der Waals surface area contributed by atoms with Gasteiger partial charge in [-0.25, -0.2) is 0 Å². The van der Waals surface area contributed by atoms with Crippen molar-refractivity contribution < 1.29 is 24.2 Å². The monoisotopic (exact) mass is 309 g/mol. The minimum atomic E-state index is -0.948. The van der Waals surface area contributed by atoms with Crippen LogP contribution in [0.4, 0.5) is 0 Å². The lowest BCUT2D eigenvalue weighted by molar-refractivity contribution is -0.141. The lowest BCUT2D eigenvalue weighted by Crippen LogP contribution is -2.34. The fourth-order valence-electron chi connectivity index (χ4n) is 1.47. The van der Waals surface area contributed by atoms with Gasteiger partial charge in [0.15, 0.2) is 6.61 Å². The molecule has 1 unspecified atom stereocenters. The van der Waals surface area contributed by atoms with Crippen molar-refractivity contribution in [2.75, 3.05) is 19.8 Å². The van der Waals surface area contributed by atoms with Gasteiger partial charge in [-0.3, -0.25) is 9.59 Å². The van der Waals surface area contributed by atoms with Crippen molar-refractivity contribution in [2.45, 2.75) is 20.8 Å². The second kappa shape index (κ2) is 8.92. The van der Waals surface area contributed by atoms with E-state index in [1.54, 1.807) is 18.2 Å². The lowest BCUT2D eigenvalue weighted by Gasteiger charge is -2.11. The van der Waals surface area contributed by atoms with Crippen LogP contribution in [0.15, 0.2) is 24.3 Å². The highest BCUT2D eigenvalue weighted by Crippen LogP contribution is 2.19. The smallest absolute Gasteiger partial charge is 0.308 e. The van der Waals surface area contributed by atoms with Crippen molar-refractivity contribution in [3.05, 3.63) is 24.3 Å². The number of hydrogen-bond acceptors (Lipinski definition) is 4. The first kappa shape index (κ1) is 17.8. The summed E-state index contributed by atoms with van der Waals surface area (Å²) in [6.45, 7) is 6.16. The Balaban J connectivity index is 2.39. The molecule has 1 aromatic carbocycles. The first-order valence-corrected chi connectivity index (χ1v) is 7.23. The van der Waals surface area contributed by atoms with Crippen molar-refractivity contribution in [2.24, 2.45) is 11.8 Å². The van der Waals surface area contributed by atoms with Gasteiger partial charge in [-0.05, 0) is 18.1 Å². The number of amides is 1. The van der Waals surface area contributed by atoms with Gasteiger partial charge >= 0.3 is 5.97 Å². The summed E-state index contributed by atoms with van der Waals surface area (Å²) in [5, 5.41) is 11.2. The molecule has 2 N–H and O–H groups in total. The summed E-state index contributed by atoms with van der Waals surface area (Å²) >= 11 is 0. The van der Waals surface area contributed by atoms with Crippen molar-refractivity contribution >= 4 is 11.9 Å². The molecule has 1 atom stereocenters. The molecule has 0 aliphatic rings. The first-order valence-electron chi connectivity index (χ1n) is 7.23. The highest BCUT2D eigenvalue weighted by molar-refractivity contribution is 5.78. The van der Waals surface area contributed by atoms with E-state index >= 15 is 0 Å². The topological polar surface area (TPSA) is 84.9 Å². The van der Waals surface area contributed by atoms with Gasteiger partial charge in [0.2, 0.25) is 0 Å². The molecule has 0 aliphatic carbocycles. The number of carboxylic acids is 1. The molecule has 1 rings (SSSR count). The largest absolute Gasteiger partial charge is 0.493 e. The number of rotatable bonds is 9. The van der Waals surface area contributed by atoms with Gasteiger partial charge in [0.05, 0.1) is 12.5 Å². The number of nitrogens with one attached hydrogen (secondary N) is 1. The Morgan fingerprint density at radius 1 is 1.18 bits per heavy atom. The van der Waals surface area contributed by atoms with Gasteiger partial charge in [-0.2, -0.15) is 0 Å². The zero-order valence-corrected chi connectivity index (χ0v) is 13.2. The standard InChI is InChI=1S/C16H23NO5/c1-11(2)9-21-13-5-4-6-14(7-13)22-10-15(18)17-8-12(3)16(19)20/h4-7,11-12H,8-10H2,1-3H3,(H,17,18)(H,19,20). The SMILES string of the molecule is CC(C)COc1cccc(OCC(=O)NCC(C)C(=O)O)c1. The van der Waals surface area contributed by atoms with Gasteiger partial charge in [-0.15, -0.1) is 0 Å². The fourth-order valence-corrected chi connectivity index (χ4v) is 1.47. The van der Waals surface area contributed by atoms with E-state index in [0.29, 0.717) is 24.0 Å². The third-order valence-corrected chi connectivity index (χ3v) is 2.79. The summed E-state index contributed by atoms with van der Waals surface area (Å²) in [6.07, 6.45) is 0. The number of benzene rings is 1. The Labute approximate surface area is 130 Å². The van der Waals surface area contributed by atoms with Crippen LogP contribution in [0.3, 0.4) is 0 Å². The quantitative estimate of drug-likeness (QED) is 0.728. The van der Waals surface area contributed by atoms with Gasteiger partial charge in [0.1, 0.15) is 11.5 Å². The highest BCUT2D eigenvalue weighted by atomic mass is 16.5. The second-order valence-electron chi connectivity index (χ2n) is 5.51. The lowest BCUT2D eigenvalue weighted by atomic mass is 10.2. The Morgan fingerprint density at radius 3 is 2.41 bits per heavy atom. The molecule has 6 heteroatoms. The Kier molecular flexibility index (Phi) is 7.22. The van der Waals surface area contributed by atoms with Crippen LogP contribution in [0, 0.1) is 11.8 Å². The molecule has 0 aromatic heterocycles. The van der Waals surface area contributed by atoms with E-state index in [-0.39, 0.29) is 19.1 Å². The number of aliphatic carboxylic acids is 1. The van der Waals surface area contributed by atoms with Crippen molar-refractivity contribution in [3.8, 4) is 11.5 Å². The van der Waals surface area contributed by atoms with Crippen LogP contribution >= 0.6 is 0 Å². The van der Waals surface area contributed by atoms with E-state index in [1.165, 1.54) is 6.92 Å². The van der Waals surface area contributed by atoms with E-state index in [2.05, 4.69) is 19.2 Å². The van der Waals surface area contributed by atoms with Crippen LogP contribution in [0.2, 0.25) is 0 Å². The average molecular weight is 309 g/mol. The molecule has 0 saturated carbocycles. The van der Waals surface area contributed by atoms with Gasteiger partial charge in [0, 0.05) is 12.6 Å². The molecule has 22 heavy (non-hydrogen) atoms. The zero-order chi connectivity index (χ0) is 16.5. The highest BCUT2D eigenvalue weighted by Gasteiger charge is 2.12. The van der Waals surface area contributed by atoms with Crippen LogP contribution in [0.5, 0.6) is 11.5 Å². The summed E-state index contributed by atoms with van der Waals surface area (Å²) in [4.78, 5) is 22.2. The van der Waals surface area contributed by atoms with E-state index in [1.807, 2.05) is 6.07 Å². The summed E-state index contributed by atoms with van der Waals surface area (Å²) in [5.41, 5.74) is 0. The maximum absolute atomic E-state index is 11.6. The third kappa shape index (κ3) is 6.97. The number of ether oxygens (including phenoxy) is 2. The van der Waals surface area contributed by atoms with Crippen molar-refractivity contribution in [1.29, 1.82) is 0 Å². The summed E-state index contributed by atoms with van der Waals surface area (Å²) < 4.78 is 10.9. The Morgan fingerprint density at radius 2 is 1.82 bits per heavy atom. The van der Waals surface area contributed by atoms with Crippen LogP contribution in [-0.4, -0.2) is 36.7 Å². The van der Waals surface area contributed by atoms with E-state index in [9.17, 15) is 9.59 Å². The molecule has 0 saturated heterocycles. The van der Waals surface area contributed by atoms with E-state index in [4.69, 9.17) is 14.6 Å². The summed E-state index contributed by atoms with van der Waals surface area (Å²) in [7, 11) is 0. The molecule has 6 nitrogen and oxygen atoms in total. The molecule has 1 amide bonds. The second-order valence-corrected chi connectivity index (χ2v) is 5.51. The fraction of sp³-hybridized carbons (Fsp3) is 0.500. The maximum atomic E-state index is 11.6. The average Bonchev–Trinajstić information content (AvgIpc) is 2.48. The Bertz CT molecular complexity index is 501. The van der Waals surface area contributed by atoms with Crippen molar-refractivity contribution in [3.63, 3.8) is 0 Å². The molecule has 0 fully saturated rings. The molecule has 0 aliphatic heterocycles. The molecule has 0 spiro atoms. The summed E-state index contributed by atoms with van der Waals surface area (Å²) in [6, 6.07) is 7.06. The molecule has 0 heterocycles. The normalized spacial score (nSPS) is 11.8. The van der Waals surface area contributed by atoms with Crippen molar-refractivity contribution in [1.82, 2.24) is 5.32 Å². The first-order chi connectivity index (χ1) is 10.4. The van der Waals surface area contributed by atoms with Crippen LogP contribution < -0.4 is 14.8 Å². The van der Waals surface area contributed by atoms with Crippen LogP contribution in [0.1, 0.15) is 20.8 Å². The van der Waals surface area contributed by atoms with Gasteiger partial charge in [-0.1, -0.05) is 26.8 Å². The van der Waals surface area contributed by atoms with Crippen LogP contribution in [0.25, 0.3) is 0 Å². The number of carboxylic acid groups (broad SMARTS) is 1. The molecule has 1 aromatic rings. The van der Waals surface area contributed by atoms with E-state index < -0.39 is 11.9 Å². The minimum absolute atomic E-state index is 0.0784. The Hall–Kier alpha value is -2.24. The van der Waals surface area contributed by atoms with Crippen LogP contribution in [-0.2, 0) is 9.59 Å². The summed E-state index contributed by atoms with van der Waals surface area (Å²) in [5.74, 6) is -0.296. The zero-order valence-electron chi connectivity index (χ0n) is 13.2. The minimum Gasteiger partial charge on any atom is -0.493 e. The molecular weight excluding hydrogens is 286 g/mol. The van der Waals surface area contributed by atoms with Gasteiger partial charge < -0.3 is 19.9 Å². The number of hydrogen-bond donors (Lipinski definition) is 2. The molecule has 0 bridgehead atoms. The molecule has 122 valence electrons. The predicted octanol–water partition coefficient (Wildman–Crippen LogP) is 1.94. The van der Waals surface area contributed by atoms with E-state index in [0.717, 1.165) is 0 Å². The number of carbonyl (C=O) groups is 2. The third-order valence-electron chi connectivity index (χ3n) is 2.79. The van der Waals surface area contributed by atoms with Gasteiger partial charge in [0.25, 0.3) is 5.91 Å².